The molecule has 3 aromatic carbocycles. The summed E-state index contributed by atoms with van der Waals surface area (Å²) in [5.74, 6) is -3.92. The first-order valence-electron chi connectivity index (χ1n) is 10.0. The van der Waals surface area contributed by atoms with Gasteiger partial charge in [-0.1, -0.05) is 48.5 Å². The number of nitrogens with zero attached hydrogens (tertiary/aromatic N) is 1. The van der Waals surface area contributed by atoms with Crippen molar-refractivity contribution < 1.29 is 19.5 Å². The fourth-order valence-electron chi connectivity index (χ4n) is 5.98. The Morgan fingerprint density at radius 1 is 0.839 bits per heavy atom. The molecule has 0 spiro atoms. The van der Waals surface area contributed by atoms with E-state index in [9.17, 15) is 19.5 Å². The first-order chi connectivity index (χ1) is 15.0. The second-order valence-electron chi connectivity index (χ2n) is 8.26. The number of carbonyl (C=O) groups is 3. The molecule has 4 aliphatic rings. The maximum atomic E-state index is 13.8. The SMILES string of the molecule is O=C1[C@H]2C3c4ccccc4C(C(=O)O)(c4ccccc43)[C@H]2C(=O)N1c1ccc(I)cc1. The van der Waals surface area contributed by atoms with Crippen molar-refractivity contribution in [2.45, 2.75) is 11.3 Å². The number of anilines is 1. The predicted octanol–water partition coefficient (Wildman–Crippen LogP) is 3.93. The molecule has 0 saturated carbocycles. The van der Waals surface area contributed by atoms with Gasteiger partial charge in [0, 0.05) is 9.49 Å². The van der Waals surface area contributed by atoms with Crippen LogP contribution in [-0.2, 0) is 19.8 Å². The number of halogens is 1. The van der Waals surface area contributed by atoms with Gasteiger partial charge in [-0.15, -0.1) is 0 Å². The van der Waals surface area contributed by atoms with Crippen LogP contribution in [0.1, 0.15) is 28.2 Å². The van der Waals surface area contributed by atoms with Gasteiger partial charge in [-0.25, -0.2) is 4.90 Å². The van der Waals surface area contributed by atoms with E-state index in [0.29, 0.717) is 16.8 Å². The average Bonchev–Trinajstić information content (AvgIpc) is 3.05. The summed E-state index contributed by atoms with van der Waals surface area (Å²) in [5.41, 5.74) is 1.80. The number of rotatable bonds is 2. The fourth-order valence-corrected chi connectivity index (χ4v) is 6.34. The molecule has 5 nitrogen and oxygen atoms in total. The molecular weight excluding hydrogens is 505 g/mol. The summed E-state index contributed by atoms with van der Waals surface area (Å²) in [6, 6.07) is 21.9. The summed E-state index contributed by atoms with van der Waals surface area (Å²) in [5, 5.41) is 10.7. The van der Waals surface area contributed by atoms with Crippen LogP contribution >= 0.6 is 22.6 Å². The lowest BCUT2D eigenvalue weighted by Gasteiger charge is -2.51. The first kappa shape index (κ1) is 18.7. The van der Waals surface area contributed by atoms with Crippen LogP contribution in [0.25, 0.3) is 0 Å². The van der Waals surface area contributed by atoms with Gasteiger partial charge in [0.15, 0.2) is 0 Å². The van der Waals surface area contributed by atoms with E-state index in [4.69, 9.17) is 0 Å². The van der Waals surface area contributed by atoms with Crippen LogP contribution in [0.15, 0.2) is 72.8 Å². The van der Waals surface area contributed by atoms with Gasteiger partial charge in [-0.3, -0.25) is 14.4 Å². The molecule has 3 aromatic rings. The molecule has 1 fully saturated rings. The van der Waals surface area contributed by atoms with E-state index in [-0.39, 0.29) is 11.8 Å². The number of amides is 2. The van der Waals surface area contributed by atoms with Gasteiger partial charge in [0.05, 0.1) is 17.5 Å². The van der Waals surface area contributed by atoms with Gasteiger partial charge in [-0.05, 0) is 69.1 Å². The number of carboxylic acid groups (broad SMARTS) is 1. The lowest BCUT2D eigenvalue weighted by atomic mass is 9.47. The van der Waals surface area contributed by atoms with Crippen molar-refractivity contribution in [1.82, 2.24) is 0 Å². The van der Waals surface area contributed by atoms with Gasteiger partial charge < -0.3 is 5.11 Å². The van der Waals surface area contributed by atoms with E-state index in [1.165, 1.54) is 4.90 Å². The Morgan fingerprint density at radius 3 is 1.94 bits per heavy atom. The van der Waals surface area contributed by atoms with E-state index < -0.39 is 29.1 Å². The van der Waals surface area contributed by atoms with E-state index in [1.54, 1.807) is 36.4 Å². The highest BCUT2D eigenvalue weighted by Crippen LogP contribution is 2.64. The largest absolute Gasteiger partial charge is 0.480 e. The highest BCUT2D eigenvalue weighted by atomic mass is 127. The summed E-state index contributed by atoms with van der Waals surface area (Å²) in [7, 11) is 0. The number of carbonyl (C=O) groups excluding carboxylic acids is 2. The maximum absolute atomic E-state index is 13.8. The third kappa shape index (κ3) is 2.13. The molecule has 2 atom stereocenters. The van der Waals surface area contributed by atoms with Crippen LogP contribution < -0.4 is 4.90 Å². The molecular formula is C25H16INO4. The van der Waals surface area contributed by atoms with Crippen molar-refractivity contribution >= 4 is 46.1 Å². The Balaban J connectivity index is 1.67. The Kier molecular flexibility index (Phi) is 3.78. The smallest absolute Gasteiger partial charge is 0.319 e. The highest BCUT2D eigenvalue weighted by Gasteiger charge is 2.71. The molecule has 6 heteroatoms. The predicted molar refractivity (Wildman–Crippen MR) is 122 cm³/mol. The van der Waals surface area contributed by atoms with Crippen molar-refractivity contribution in [3.05, 3.63) is 98.6 Å². The van der Waals surface area contributed by atoms with Crippen molar-refractivity contribution in [3.8, 4) is 0 Å². The molecule has 7 rings (SSSR count). The summed E-state index contributed by atoms with van der Waals surface area (Å²) in [6.07, 6.45) is 0. The first-order valence-corrected chi connectivity index (χ1v) is 11.1. The second-order valence-corrected chi connectivity index (χ2v) is 9.50. The van der Waals surface area contributed by atoms with Crippen LogP contribution in [0.4, 0.5) is 5.69 Å². The van der Waals surface area contributed by atoms with Crippen LogP contribution in [-0.4, -0.2) is 22.9 Å². The Labute approximate surface area is 191 Å². The van der Waals surface area contributed by atoms with E-state index in [2.05, 4.69) is 22.6 Å². The number of imide groups is 1. The quantitative estimate of drug-likeness (QED) is 0.410. The zero-order valence-corrected chi connectivity index (χ0v) is 18.3. The minimum Gasteiger partial charge on any atom is -0.480 e. The van der Waals surface area contributed by atoms with Gasteiger partial charge in [-0.2, -0.15) is 0 Å². The Bertz CT molecular complexity index is 1250. The third-order valence-corrected chi connectivity index (χ3v) is 7.76. The van der Waals surface area contributed by atoms with Gasteiger partial charge >= 0.3 is 5.97 Å². The van der Waals surface area contributed by atoms with Crippen molar-refractivity contribution in [2.24, 2.45) is 11.8 Å². The number of benzene rings is 3. The number of aliphatic carboxylic acids is 1. The normalized spacial score (nSPS) is 27.6. The molecule has 1 N–H and O–H groups in total. The van der Waals surface area contributed by atoms with Crippen molar-refractivity contribution in [3.63, 3.8) is 0 Å². The third-order valence-electron chi connectivity index (χ3n) is 7.04. The molecule has 152 valence electrons. The lowest BCUT2D eigenvalue weighted by Crippen LogP contribution is -2.57. The second kappa shape index (κ2) is 6.26. The highest BCUT2D eigenvalue weighted by molar-refractivity contribution is 14.1. The van der Waals surface area contributed by atoms with Crippen LogP contribution in [0.2, 0.25) is 0 Å². The molecule has 1 saturated heterocycles. The van der Waals surface area contributed by atoms with Gasteiger partial charge in [0.25, 0.3) is 0 Å². The molecule has 0 radical (unpaired) electrons. The van der Waals surface area contributed by atoms with E-state index >= 15 is 0 Å². The molecule has 0 unspecified atom stereocenters. The monoisotopic (exact) mass is 521 g/mol. The number of hydrogen-bond acceptors (Lipinski definition) is 3. The standard InChI is InChI=1S/C25H16INO4/c26-13-9-11-14(12-10-13)27-22(28)20-19-15-5-1-3-7-17(15)25(24(30)31,21(20)23(27)29)18-8-4-2-6-16(18)19/h1-12,19-21H,(H,30,31)/t19?,20-,21+,25?/m0/s1. The molecule has 2 amide bonds. The maximum Gasteiger partial charge on any atom is 0.319 e. The summed E-state index contributed by atoms with van der Waals surface area (Å²) in [4.78, 5) is 41.8. The van der Waals surface area contributed by atoms with Gasteiger partial charge in [0.1, 0.15) is 5.41 Å². The van der Waals surface area contributed by atoms with Crippen molar-refractivity contribution in [1.29, 1.82) is 0 Å². The zero-order chi connectivity index (χ0) is 21.5. The van der Waals surface area contributed by atoms with E-state index in [0.717, 1.165) is 14.7 Å². The van der Waals surface area contributed by atoms with Crippen LogP contribution in [0.3, 0.4) is 0 Å². The summed E-state index contributed by atoms with van der Waals surface area (Å²) in [6.45, 7) is 0. The van der Waals surface area contributed by atoms with Crippen molar-refractivity contribution in [2.75, 3.05) is 4.90 Å². The molecule has 0 aromatic heterocycles. The van der Waals surface area contributed by atoms with Crippen LogP contribution in [0, 0.1) is 15.4 Å². The number of carboxylic acids is 1. The Hall–Kier alpha value is -3.00. The fraction of sp³-hybridized carbons (Fsp3) is 0.160. The van der Waals surface area contributed by atoms with E-state index in [1.807, 2.05) is 36.4 Å². The topological polar surface area (TPSA) is 74.7 Å². The number of hydrogen-bond donors (Lipinski definition) is 1. The molecule has 3 aliphatic carbocycles. The minimum atomic E-state index is -1.59. The zero-order valence-electron chi connectivity index (χ0n) is 16.2. The average molecular weight is 521 g/mol. The lowest BCUT2D eigenvalue weighted by molar-refractivity contribution is -0.149. The molecule has 31 heavy (non-hydrogen) atoms. The molecule has 2 bridgehead atoms. The minimum absolute atomic E-state index is 0.323. The van der Waals surface area contributed by atoms with Crippen LogP contribution in [0.5, 0.6) is 0 Å². The molecule has 1 heterocycles. The Morgan fingerprint density at radius 2 is 1.39 bits per heavy atom. The molecule has 1 aliphatic heterocycles. The summed E-state index contributed by atoms with van der Waals surface area (Å²) < 4.78 is 0.986. The van der Waals surface area contributed by atoms with Gasteiger partial charge in [0.2, 0.25) is 11.8 Å². The summed E-state index contributed by atoms with van der Waals surface area (Å²) >= 11 is 2.17.